The number of hydrogen-bond donors (Lipinski definition) is 3. The van der Waals surface area contributed by atoms with Gasteiger partial charge in [-0.2, -0.15) is 4.99 Å². The van der Waals surface area contributed by atoms with E-state index in [9.17, 15) is 0 Å². The first-order valence-corrected chi connectivity index (χ1v) is 5.79. The van der Waals surface area contributed by atoms with Crippen LogP contribution in [0.4, 0.5) is 11.4 Å². The summed E-state index contributed by atoms with van der Waals surface area (Å²) in [4.78, 5) is 8.11. The molecule has 0 aliphatic rings. The lowest BCUT2D eigenvalue weighted by Gasteiger charge is -2.04. The predicted octanol–water partition coefficient (Wildman–Crippen LogP) is 2.06. The average Bonchev–Trinajstić information content (AvgIpc) is 2.40. The number of hydrogen-bond acceptors (Lipinski definition) is 1. The van der Waals surface area contributed by atoms with Gasteiger partial charge >= 0.3 is 0 Å². The SMILES string of the molecule is NC(=Nc1ccccc1)/N=C(\N)Nc1ccccc1. The molecule has 0 saturated carbocycles. The summed E-state index contributed by atoms with van der Waals surface area (Å²) in [6, 6.07) is 18.8. The van der Waals surface area contributed by atoms with Crippen LogP contribution in [0.1, 0.15) is 0 Å². The fourth-order valence-electron chi connectivity index (χ4n) is 1.48. The Bertz CT molecular complexity index is 575. The quantitative estimate of drug-likeness (QED) is 0.565. The molecule has 5 N–H and O–H groups in total. The number of nitrogens with one attached hydrogen (secondary N) is 1. The number of para-hydroxylation sites is 2. The maximum absolute atomic E-state index is 5.74. The van der Waals surface area contributed by atoms with Crippen molar-refractivity contribution in [2.24, 2.45) is 21.5 Å². The van der Waals surface area contributed by atoms with Crippen LogP contribution in [0.3, 0.4) is 0 Å². The van der Waals surface area contributed by atoms with Gasteiger partial charge in [-0.1, -0.05) is 36.4 Å². The second-order valence-corrected chi connectivity index (χ2v) is 3.79. The first kappa shape index (κ1) is 12.6. The van der Waals surface area contributed by atoms with Crippen LogP contribution in [0.25, 0.3) is 0 Å². The van der Waals surface area contributed by atoms with Gasteiger partial charge in [-0.3, -0.25) is 0 Å². The molecular weight excluding hydrogens is 238 g/mol. The molecule has 0 aliphatic heterocycles. The lowest BCUT2D eigenvalue weighted by Crippen LogP contribution is -2.25. The fraction of sp³-hybridized carbons (Fsp3) is 0. The molecule has 19 heavy (non-hydrogen) atoms. The molecule has 5 heteroatoms. The van der Waals surface area contributed by atoms with E-state index in [2.05, 4.69) is 15.3 Å². The van der Waals surface area contributed by atoms with Gasteiger partial charge in [0, 0.05) is 5.69 Å². The van der Waals surface area contributed by atoms with Crippen molar-refractivity contribution in [3.63, 3.8) is 0 Å². The molecule has 0 aliphatic carbocycles. The minimum Gasteiger partial charge on any atom is -0.369 e. The van der Waals surface area contributed by atoms with E-state index in [0.717, 1.165) is 11.4 Å². The number of anilines is 1. The number of benzene rings is 2. The predicted molar refractivity (Wildman–Crippen MR) is 79.4 cm³/mol. The second kappa shape index (κ2) is 6.20. The number of aliphatic imine (C=N–C) groups is 2. The minimum atomic E-state index is 0.104. The Morgan fingerprint density at radius 3 is 2.05 bits per heavy atom. The minimum absolute atomic E-state index is 0.104. The monoisotopic (exact) mass is 253 g/mol. The highest BCUT2D eigenvalue weighted by Crippen LogP contribution is 2.09. The Morgan fingerprint density at radius 2 is 1.42 bits per heavy atom. The summed E-state index contributed by atoms with van der Waals surface area (Å²) in [5.74, 6) is 0.301. The van der Waals surface area contributed by atoms with Crippen molar-refractivity contribution >= 4 is 23.3 Å². The summed E-state index contributed by atoms with van der Waals surface area (Å²) in [6.07, 6.45) is 0. The van der Waals surface area contributed by atoms with Crippen molar-refractivity contribution in [2.45, 2.75) is 0 Å². The molecule has 0 spiro atoms. The Hall–Kier alpha value is -2.82. The van der Waals surface area contributed by atoms with Crippen molar-refractivity contribution < 1.29 is 0 Å². The van der Waals surface area contributed by atoms with Crippen molar-refractivity contribution in [3.8, 4) is 0 Å². The molecule has 0 radical (unpaired) electrons. The van der Waals surface area contributed by atoms with E-state index in [1.165, 1.54) is 0 Å². The first-order chi connectivity index (χ1) is 9.24. The van der Waals surface area contributed by atoms with Gasteiger partial charge in [-0.05, 0) is 24.3 Å². The first-order valence-electron chi connectivity index (χ1n) is 5.79. The van der Waals surface area contributed by atoms with E-state index in [1.807, 2.05) is 60.7 Å². The van der Waals surface area contributed by atoms with E-state index < -0.39 is 0 Å². The largest absolute Gasteiger partial charge is 0.369 e. The standard InChI is InChI=1S/C14H15N5/c15-13(17-11-7-3-1-4-8-11)19-14(16)18-12-9-5-2-6-10-12/h1-10H,(H5,15,16,17,18,19). The van der Waals surface area contributed by atoms with Crippen LogP contribution in [0.15, 0.2) is 70.6 Å². The summed E-state index contributed by atoms with van der Waals surface area (Å²) in [6.45, 7) is 0. The van der Waals surface area contributed by atoms with Crippen LogP contribution in [0.5, 0.6) is 0 Å². The van der Waals surface area contributed by atoms with Gasteiger partial charge in [0.1, 0.15) is 0 Å². The van der Waals surface area contributed by atoms with Gasteiger partial charge < -0.3 is 16.8 Å². The molecule has 2 aromatic carbocycles. The molecule has 0 atom stereocenters. The molecule has 0 fully saturated rings. The van der Waals surface area contributed by atoms with Crippen molar-refractivity contribution in [2.75, 3.05) is 5.32 Å². The fourth-order valence-corrected chi connectivity index (χ4v) is 1.48. The Morgan fingerprint density at radius 1 is 0.842 bits per heavy atom. The third-order valence-electron chi connectivity index (χ3n) is 2.28. The van der Waals surface area contributed by atoms with Crippen LogP contribution in [-0.2, 0) is 0 Å². The number of guanidine groups is 2. The van der Waals surface area contributed by atoms with E-state index in [-0.39, 0.29) is 11.9 Å². The molecule has 0 heterocycles. The van der Waals surface area contributed by atoms with E-state index in [1.54, 1.807) is 0 Å². The van der Waals surface area contributed by atoms with Gasteiger partial charge in [-0.15, -0.1) is 0 Å². The van der Waals surface area contributed by atoms with Gasteiger partial charge in [0.05, 0.1) is 5.69 Å². The third kappa shape index (κ3) is 4.16. The highest BCUT2D eigenvalue weighted by Gasteiger charge is 1.96. The van der Waals surface area contributed by atoms with Crippen molar-refractivity contribution in [1.29, 1.82) is 0 Å². The van der Waals surface area contributed by atoms with Crippen LogP contribution in [0.2, 0.25) is 0 Å². The molecule has 0 unspecified atom stereocenters. The van der Waals surface area contributed by atoms with E-state index in [4.69, 9.17) is 11.5 Å². The van der Waals surface area contributed by atoms with Crippen LogP contribution in [0, 0.1) is 0 Å². The molecule has 2 aromatic rings. The summed E-state index contributed by atoms with van der Waals surface area (Å²) < 4.78 is 0. The summed E-state index contributed by atoms with van der Waals surface area (Å²) in [5.41, 5.74) is 13.0. The molecule has 0 saturated heterocycles. The average molecular weight is 253 g/mol. The molecule has 5 nitrogen and oxygen atoms in total. The lowest BCUT2D eigenvalue weighted by atomic mass is 10.3. The van der Waals surface area contributed by atoms with Crippen LogP contribution in [-0.4, -0.2) is 11.9 Å². The molecule has 0 aromatic heterocycles. The van der Waals surface area contributed by atoms with Gasteiger partial charge in [-0.25, -0.2) is 4.99 Å². The van der Waals surface area contributed by atoms with E-state index >= 15 is 0 Å². The molecular formula is C14H15N5. The number of nitrogens with two attached hydrogens (primary N) is 2. The van der Waals surface area contributed by atoms with Gasteiger partial charge in [0.25, 0.3) is 0 Å². The smallest absolute Gasteiger partial charge is 0.223 e. The zero-order valence-electron chi connectivity index (χ0n) is 10.3. The highest BCUT2D eigenvalue weighted by atomic mass is 15.2. The zero-order valence-corrected chi connectivity index (χ0v) is 10.3. The highest BCUT2D eigenvalue weighted by molar-refractivity contribution is 6.01. The van der Waals surface area contributed by atoms with Crippen molar-refractivity contribution in [3.05, 3.63) is 60.7 Å². The van der Waals surface area contributed by atoms with E-state index in [0.29, 0.717) is 0 Å². The topological polar surface area (TPSA) is 88.8 Å². The normalized spacial score (nSPS) is 12.2. The molecule has 0 amide bonds. The molecule has 0 bridgehead atoms. The number of rotatable bonds is 2. The maximum Gasteiger partial charge on any atom is 0.223 e. The Labute approximate surface area is 111 Å². The van der Waals surface area contributed by atoms with Gasteiger partial charge in [0.2, 0.25) is 11.9 Å². The van der Waals surface area contributed by atoms with Crippen molar-refractivity contribution in [1.82, 2.24) is 0 Å². The summed E-state index contributed by atoms with van der Waals surface area (Å²) in [5, 5.41) is 2.93. The Balaban J connectivity index is 2.06. The zero-order chi connectivity index (χ0) is 13.5. The molecule has 2 rings (SSSR count). The second-order valence-electron chi connectivity index (χ2n) is 3.79. The summed E-state index contributed by atoms with van der Waals surface area (Å²) >= 11 is 0. The van der Waals surface area contributed by atoms with Crippen LogP contribution >= 0.6 is 0 Å². The maximum atomic E-state index is 5.74. The van der Waals surface area contributed by atoms with Gasteiger partial charge in [0.15, 0.2) is 0 Å². The Kier molecular flexibility index (Phi) is 4.12. The lowest BCUT2D eigenvalue weighted by molar-refractivity contribution is 1.39. The molecule has 96 valence electrons. The summed E-state index contributed by atoms with van der Waals surface area (Å²) in [7, 11) is 0. The number of nitrogens with zero attached hydrogens (tertiary/aromatic N) is 2. The van der Waals surface area contributed by atoms with Crippen LogP contribution < -0.4 is 16.8 Å². The third-order valence-corrected chi connectivity index (χ3v) is 2.28.